The van der Waals surface area contributed by atoms with E-state index in [0.29, 0.717) is 5.69 Å². The Labute approximate surface area is 111 Å². The van der Waals surface area contributed by atoms with Gasteiger partial charge >= 0.3 is 0 Å². The average molecular weight is 260 g/mol. The van der Waals surface area contributed by atoms with Gasteiger partial charge in [-0.25, -0.2) is 4.68 Å². The zero-order chi connectivity index (χ0) is 13.8. The highest BCUT2D eigenvalue weighted by Gasteiger charge is 2.11. The average Bonchev–Trinajstić information content (AvgIpc) is 2.82. The second-order valence-electron chi connectivity index (χ2n) is 4.38. The Morgan fingerprint density at radius 1 is 1.42 bits per heavy atom. The van der Waals surface area contributed by atoms with Gasteiger partial charge < -0.3 is 5.32 Å². The SMILES string of the molecule is CCCNc1cc(-n2cc(C)cn2)cc([N+](=O)[O-])c1. The van der Waals surface area contributed by atoms with Crippen LogP contribution < -0.4 is 5.32 Å². The summed E-state index contributed by atoms with van der Waals surface area (Å²) in [5.41, 5.74) is 2.49. The van der Waals surface area contributed by atoms with Crippen LogP contribution in [-0.2, 0) is 0 Å². The van der Waals surface area contributed by atoms with Crippen LogP contribution in [0.4, 0.5) is 11.4 Å². The van der Waals surface area contributed by atoms with E-state index >= 15 is 0 Å². The first-order valence-corrected chi connectivity index (χ1v) is 6.15. The van der Waals surface area contributed by atoms with Crippen LogP contribution in [0.5, 0.6) is 0 Å². The van der Waals surface area contributed by atoms with Gasteiger partial charge in [0.2, 0.25) is 0 Å². The van der Waals surface area contributed by atoms with Crippen LogP contribution in [0.3, 0.4) is 0 Å². The number of nitrogens with one attached hydrogen (secondary N) is 1. The summed E-state index contributed by atoms with van der Waals surface area (Å²) in [4.78, 5) is 10.6. The first-order valence-electron chi connectivity index (χ1n) is 6.15. The molecule has 0 aliphatic heterocycles. The zero-order valence-corrected chi connectivity index (χ0v) is 11.0. The standard InChI is InChI=1S/C13H16N4O2/c1-3-4-14-11-5-12(7-13(6-11)17(18)19)16-9-10(2)8-15-16/h5-9,14H,3-4H2,1-2H3. The van der Waals surface area contributed by atoms with Gasteiger partial charge in [0.1, 0.15) is 0 Å². The van der Waals surface area contributed by atoms with Gasteiger partial charge in [-0.15, -0.1) is 0 Å². The lowest BCUT2D eigenvalue weighted by molar-refractivity contribution is -0.384. The largest absolute Gasteiger partial charge is 0.385 e. The highest BCUT2D eigenvalue weighted by atomic mass is 16.6. The van der Waals surface area contributed by atoms with Crippen molar-refractivity contribution >= 4 is 11.4 Å². The lowest BCUT2D eigenvalue weighted by atomic mass is 10.2. The fourth-order valence-electron chi connectivity index (χ4n) is 1.76. The molecule has 0 fully saturated rings. The number of hydrogen-bond donors (Lipinski definition) is 1. The molecule has 0 aliphatic rings. The molecule has 0 amide bonds. The smallest absolute Gasteiger partial charge is 0.273 e. The Morgan fingerprint density at radius 3 is 2.79 bits per heavy atom. The summed E-state index contributed by atoms with van der Waals surface area (Å²) >= 11 is 0. The topological polar surface area (TPSA) is 73.0 Å². The molecule has 0 radical (unpaired) electrons. The van der Waals surface area contributed by atoms with Gasteiger partial charge in [0.15, 0.2) is 0 Å². The lowest BCUT2D eigenvalue weighted by Crippen LogP contribution is -2.03. The number of nitro groups is 1. The molecule has 0 aliphatic carbocycles. The Balaban J connectivity index is 2.41. The van der Waals surface area contributed by atoms with Crippen LogP contribution in [-0.4, -0.2) is 21.2 Å². The molecule has 2 aromatic rings. The number of aryl methyl sites for hydroxylation is 1. The van der Waals surface area contributed by atoms with Gasteiger partial charge in [-0.05, 0) is 25.0 Å². The fraction of sp³-hybridized carbons (Fsp3) is 0.308. The van der Waals surface area contributed by atoms with Crippen molar-refractivity contribution in [3.63, 3.8) is 0 Å². The van der Waals surface area contributed by atoms with E-state index in [0.717, 1.165) is 24.2 Å². The van der Waals surface area contributed by atoms with E-state index in [1.165, 1.54) is 12.1 Å². The van der Waals surface area contributed by atoms with Gasteiger partial charge in [0.05, 0.1) is 16.8 Å². The van der Waals surface area contributed by atoms with Crippen molar-refractivity contribution in [3.8, 4) is 5.69 Å². The van der Waals surface area contributed by atoms with Gasteiger partial charge in [-0.3, -0.25) is 10.1 Å². The summed E-state index contributed by atoms with van der Waals surface area (Å²) in [6.07, 6.45) is 4.51. The molecule has 1 heterocycles. The maximum absolute atomic E-state index is 11.0. The zero-order valence-electron chi connectivity index (χ0n) is 11.0. The van der Waals surface area contributed by atoms with Crippen molar-refractivity contribution in [1.82, 2.24) is 9.78 Å². The number of benzene rings is 1. The molecule has 0 unspecified atom stereocenters. The predicted molar refractivity (Wildman–Crippen MR) is 73.7 cm³/mol. The molecular formula is C13H16N4O2. The number of nitrogens with zero attached hydrogens (tertiary/aromatic N) is 3. The first-order chi connectivity index (χ1) is 9.10. The van der Waals surface area contributed by atoms with E-state index in [1.54, 1.807) is 10.9 Å². The third-order valence-electron chi connectivity index (χ3n) is 2.67. The molecule has 2 rings (SSSR count). The van der Waals surface area contributed by atoms with Crippen LogP contribution in [0.1, 0.15) is 18.9 Å². The van der Waals surface area contributed by atoms with Crippen molar-refractivity contribution in [2.24, 2.45) is 0 Å². The van der Waals surface area contributed by atoms with Crippen molar-refractivity contribution < 1.29 is 4.92 Å². The minimum atomic E-state index is -0.392. The van der Waals surface area contributed by atoms with Crippen molar-refractivity contribution in [2.75, 3.05) is 11.9 Å². The molecule has 6 heteroatoms. The number of hydrogen-bond acceptors (Lipinski definition) is 4. The second kappa shape index (κ2) is 5.51. The van der Waals surface area contributed by atoms with Gasteiger partial charge in [-0.1, -0.05) is 6.92 Å². The molecule has 19 heavy (non-hydrogen) atoms. The minimum absolute atomic E-state index is 0.0595. The predicted octanol–water partition coefficient (Wildman–Crippen LogP) is 2.91. The van der Waals surface area contributed by atoms with E-state index in [9.17, 15) is 10.1 Å². The minimum Gasteiger partial charge on any atom is -0.385 e. The molecule has 1 aromatic heterocycles. The molecule has 0 atom stereocenters. The summed E-state index contributed by atoms with van der Waals surface area (Å²) in [5.74, 6) is 0. The molecule has 1 aromatic carbocycles. The number of anilines is 1. The molecule has 100 valence electrons. The third kappa shape index (κ3) is 3.09. The summed E-state index contributed by atoms with van der Waals surface area (Å²) in [6.45, 7) is 4.75. The lowest BCUT2D eigenvalue weighted by Gasteiger charge is -2.08. The molecular weight excluding hydrogens is 244 g/mol. The summed E-state index contributed by atoms with van der Waals surface area (Å²) < 4.78 is 1.64. The molecule has 0 bridgehead atoms. The maximum atomic E-state index is 11.0. The fourth-order valence-corrected chi connectivity index (χ4v) is 1.76. The number of aromatic nitrogens is 2. The van der Waals surface area contributed by atoms with Crippen molar-refractivity contribution in [3.05, 3.63) is 46.3 Å². The van der Waals surface area contributed by atoms with Crippen LogP contribution in [0.25, 0.3) is 5.69 Å². The van der Waals surface area contributed by atoms with Crippen LogP contribution in [0.15, 0.2) is 30.6 Å². The van der Waals surface area contributed by atoms with Crippen molar-refractivity contribution in [1.29, 1.82) is 0 Å². The molecule has 0 spiro atoms. The number of non-ortho nitro benzene ring substituents is 1. The molecule has 6 nitrogen and oxygen atoms in total. The summed E-state index contributed by atoms with van der Waals surface area (Å²) in [5, 5.41) is 18.3. The Morgan fingerprint density at radius 2 is 2.21 bits per heavy atom. The van der Waals surface area contributed by atoms with E-state index in [4.69, 9.17) is 0 Å². The highest BCUT2D eigenvalue weighted by Crippen LogP contribution is 2.23. The Bertz CT molecular complexity index is 592. The first kappa shape index (κ1) is 13.1. The summed E-state index contributed by atoms with van der Waals surface area (Å²) in [7, 11) is 0. The van der Waals surface area contributed by atoms with E-state index in [1.807, 2.05) is 26.1 Å². The molecule has 0 saturated carbocycles. The van der Waals surface area contributed by atoms with Crippen LogP contribution in [0, 0.1) is 17.0 Å². The summed E-state index contributed by atoms with van der Waals surface area (Å²) in [6, 6.07) is 4.91. The highest BCUT2D eigenvalue weighted by molar-refractivity contribution is 5.58. The third-order valence-corrected chi connectivity index (χ3v) is 2.67. The van der Waals surface area contributed by atoms with E-state index < -0.39 is 4.92 Å². The van der Waals surface area contributed by atoms with Crippen LogP contribution >= 0.6 is 0 Å². The normalized spacial score (nSPS) is 10.4. The van der Waals surface area contributed by atoms with Gasteiger partial charge in [-0.2, -0.15) is 5.10 Å². The quantitative estimate of drug-likeness (QED) is 0.662. The van der Waals surface area contributed by atoms with Gasteiger partial charge in [0.25, 0.3) is 5.69 Å². The van der Waals surface area contributed by atoms with Crippen LogP contribution in [0.2, 0.25) is 0 Å². The molecule has 0 saturated heterocycles. The van der Waals surface area contributed by atoms with E-state index in [2.05, 4.69) is 10.4 Å². The van der Waals surface area contributed by atoms with Gasteiger partial charge in [0, 0.05) is 30.6 Å². The second-order valence-corrected chi connectivity index (χ2v) is 4.38. The maximum Gasteiger partial charge on any atom is 0.273 e. The Hall–Kier alpha value is -2.37. The van der Waals surface area contributed by atoms with Crippen molar-refractivity contribution in [2.45, 2.75) is 20.3 Å². The number of rotatable bonds is 5. The molecule has 1 N–H and O–H groups in total. The monoisotopic (exact) mass is 260 g/mol. The van der Waals surface area contributed by atoms with E-state index in [-0.39, 0.29) is 5.69 Å². The number of nitro benzene ring substituents is 1. The Kier molecular flexibility index (Phi) is 3.79.